The number of fused-ring (bicyclic) bond motifs is 1. The maximum atomic E-state index is 5.47. The Kier molecular flexibility index (Phi) is 5.86. The van der Waals surface area contributed by atoms with Crippen molar-refractivity contribution < 1.29 is 4.74 Å². The molecule has 0 aliphatic heterocycles. The zero-order chi connectivity index (χ0) is 13.3. The third-order valence-electron chi connectivity index (χ3n) is 3.19. The molecular weight excluding hydrogens is 234 g/mol. The molecule has 0 saturated carbocycles. The van der Waals surface area contributed by atoms with Crippen LogP contribution in [-0.4, -0.2) is 19.8 Å². The molecule has 102 valence electrons. The second-order valence-corrected chi connectivity index (χ2v) is 4.78. The molecule has 2 aromatic carbocycles. The summed E-state index contributed by atoms with van der Waals surface area (Å²) in [4.78, 5) is 0. The Morgan fingerprint density at radius 1 is 1.00 bits per heavy atom. The van der Waals surface area contributed by atoms with Crippen molar-refractivity contribution in [2.45, 2.75) is 26.3 Å². The predicted molar refractivity (Wildman–Crippen MR) is 81.4 cm³/mol. The smallest absolute Gasteiger partial charge is 0.0478 e. The predicted octanol–water partition coefficient (Wildman–Crippen LogP) is 3.75. The van der Waals surface area contributed by atoms with Crippen molar-refractivity contribution in [3.63, 3.8) is 0 Å². The lowest BCUT2D eigenvalue weighted by molar-refractivity contribution is 0.132. The first-order chi connectivity index (χ1) is 9.42. The van der Waals surface area contributed by atoms with Gasteiger partial charge in [-0.05, 0) is 35.7 Å². The first-order valence-corrected chi connectivity index (χ1v) is 7.17. The molecule has 2 aromatic rings. The lowest BCUT2D eigenvalue weighted by atomic mass is 10.0. The van der Waals surface area contributed by atoms with Gasteiger partial charge in [0.15, 0.2) is 0 Å². The number of hydrogen-bond acceptors (Lipinski definition) is 2. The summed E-state index contributed by atoms with van der Waals surface area (Å²) in [5.41, 5.74) is 1.37. The minimum Gasteiger partial charge on any atom is -0.381 e. The van der Waals surface area contributed by atoms with Gasteiger partial charge in [-0.15, -0.1) is 0 Å². The average molecular weight is 257 g/mol. The van der Waals surface area contributed by atoms with Gasteiger partial charge >= 0.3 is 0 Å². The molecule has 0 heterocycles. The molecule has 0 amide bonds. The van der Waals surface area contributed by atoms with Gasteiger partial charge in [-0.2, -0.15) is 0 Å². The van der Waals surface area contributed by atoms with E-state index in [0.29, 0.717) is 0 Å². The number of rotatable bonds is 8. The first-order valence-electron chi connectivity index (χ1n) is 7.17. The molecule has 1 N–H and O–H groups in total. The van der Waals surface area contributed by atoms with E-state index in [1.807, 2.05) is 0 Å². The van der Waals surface area contributed by atoms with Crippen LogP contribution in [0.3, 0.4) is 0 Å². The van der Waals surface area contributed by atoms with E-state index in [2.05, 4.69) is 54.7 Å². The van der Waals surface area contributed by atoms with Crippen LogP contribution in [0.25, 0.3) is 10.8 Å². The molecule has 0 aliphatic carbocycles. The van der Waals surface area contributed by atoms with Crippen LogP contribution in [0, 0.1) is 0 Å². The van der Waals surface area contributed by atoms with Gasteiger partial charge < -0.3 is 10.1 Å². The van der Waals surface area contributed by atoms with Crippen molar-refractivity contribution in [2.75, 3.05) is 19.8 Å². The van der Waals surface area contributed by atoms with E-state index in [1.54, 1.807) is 0 Å². The van der Waals surface area contributed by atoms with Gasteiger partial charge in [0.1, 0.15) is 0 Å². The van der Waals surface area contributed by atoms with Crippen LogP contribution in [0.15, 0.2) is 42.5 Å². The fourth-order valence-corrected chi connectivity index (χ4v) is 2.22. The minimum atomic E-state index is 0.858. The van der Waals surface area contributed by atoms with E-state index >= 15 is 0 Å². The van der Waals surface area contributed by atoms with E-state index in [-0.39, 0.29) is 0 Å². The van der Waals surface area contributed by atoms with E-state index in [9.17, 15) is 0 Å². The quantitative estimate of drug-likeness (QED) is 0.727. The average Bonchev–Trinajstić information content (AvgIpc) is 2.46. The highest BCUT2D eigenvalue weighted by molar-refractivity contribution is 5.85. The summed E-state index contributed by atoms with van der Waals surface area (Å²) in [7, 11) is 0. The summed E-state index contributed by atoms with van der Waals surface area (Å²) in [5, 5.41) is 6.15. The van der Waals surface area contributed by atoms with Crippen molar-refractivity contribution >= 4 is 10.8 Å². The summed E-state index contributed by atoms with van der Waals surface area (Å²) in [5.74, 6) is 0. The number of benzene rings is 2. The normalized spacial score (nSPS) is 11.0. The van der Waals surface area contributed by atoms with Crippen LogP contribution >= 0.6 is 0 Å². The van der Waals surface area contributed by atoms with Gasteiger partial charge in [-0.3, -0.25) is 0 Å². The van der Waals surface area contributed by atoms with Gasteiger partial charge in [-0.1, -0.05) is 49.4 Å². The van der Waals surface area contributed by atoms with Gasteiger partial charge in [0.2, 0.25) is 0 Å². The van der Waals surface area contributed by atoms with Crippen molar-refractivity contribution in [3.05, 3.63) is 48.0 Å². The Balaban J connectivity index is 1.78. The standard InChI is InChI=1S/C17H23NO/c1-2-12-19-13-6-11-18-14-16-9-5-8-15-7-3-4-10-17(15)16/h3-5,7-10,18H,2,6,11-14H2,1H3. The van der Waals surface area contributed by atoms with E-state index < -0.39 is 0 Å². The van der Waals surface area contributed by atoms with Crippen LogP contribution in [0.1, 0.15) is 25.3 Å². The maximum absolute atomic E-state index is 5.47. The van der Waals surface area contributed by atoms with Crippen LogP contribution in [-0.2, 0) is 11.3 Å². The minimum absolute atomic E-state index is 0.858. The molecule has 2 rings (SSSR count). The molecule has 0 atom stereocenters. The topological polar surface area (TPSA) is 21.3 Å². The third-order valence-corrected chi connectivity index (χ3v) is 3.19. The Morgan fingerprint density at radius 3 is 2.74 bits per heavy atom. The largest absolute Gasteiger partial charge is 0.381 e. The first kappa shape index (κ1) is 14.0. The molecular formula is C17H23NO. The van der Waals surface area contributed by atoms with E-state index in [1.165, 1.54) is 16.3 Å². The molecule has 0 radical (unpaired) electrons. The van der Waals surface area contributed by atoms with Crippen molar-refractivity contribution in [2.24, 2.45) is 0 Å². The van der Waals surface area contributed by atoms with Gasteiger partial charge in [0, 0.05) is 19.8 Å². The SMILES string of the molecule is CCCOCCCNCc1cccc2ccccc12. The van der Waals surface area contributed by atoms with E-state index in [4.69, 9.17) is 4.74 Å². The third kappa shape index (κ3) is 4.34. The Hall–Kier alpha value is -1.38. The van der Waals surface area contributed by atoms with Gasteiger partial charge in [-0.25, -0.2) is 0 Å². The number of ether oxygens (including phenoxy) is 1. The molecule has 0 bridgehead atoms. The van der Waals surface area contributed by atoms with Crippen LogP contribution in [0.5, 0.6) is 0 Å². The second kappa shape index (κ2) is 7.93. The van der Waals surface area contributed by atoms with Gasteiger partial charge in [0.05, 0.1) is 0 Å². The summed E-state index contributed by atoms with van der Waals surface area (Å²) in [6.07, 6.45) is 2.17. The van der Waals surface area contributed by atoms with Crippen LogP contribution in [0.2, 0.25) is 0 Å². The zero-order valence-corrected chi connectivity index (χ0v) is 11.7. The maximum Gasteiger partial charge on any atom is 0.0478 e. The molecule has 2 heteroatoms. The molecule has 0 aliphatic rings. The van der Waals surface area contributed by atoms with Crippen LogP contribution < -0.4 is 5.32 Å². The lowest BCUT2D eigenvalue weighted by Crippen LogP contribution is -2.16. The number of hydrogen-bond donors (Lipinski definition) is 1. The fourth-order valence-electron chi connectivity index (χ4n) is 2.22. The highest BCUT2D eigenvalue weighted by atomic mass is 16.5. The molecule has 0 fully saturated rings. The highest BCUT2D eigenvalue weighted by Gasteiger charge is 1.99. The molecule has 0 aromatic heterocycles. The monoisotopic (exact) mass is 257 g/mol. The second-order valence-electron chi connectivity index (χ2n) is 4.78. The summed E-state index contributed by atoms with van der Waals surface area (Å²) >= 11 is 0. The van der Waals surface area contributed by atoms with Crippen molar-refractivity contribution in [3.8, 4) is 0 Å². The molecule has 0 saturated heterocycles. The molecule has 19 heavy (non-hydrogen) atoms. The lowest BCUT2D eigenvalue weighted by Gasteiger charge is -2.08. The highest BCUT2D eigenvalue weighted by Crippen LogP contribution is 2.18. The van der Waals surface area contributed by atoms with Gasteiger partial charge in [0.25, 0.3) is 0 Å². The molecule has 0 unspecified atom stereocenters. The van der Waals surface area contributed by atoms with E-state index in [0.717, 1.165) is 39.1 Å². The summed E-state index contributed by atoms with van der Waals surface area (Å²) in [6.45, 7) is 5.81. The Labute approximate surface area is 115 Å². The summed E-state index contributed by atoms with van der Waals surface area (Å²) < 4.78 is 5.47. The number of nitrogens with one attached hydrogen (secondary N) is 1. The molecule has 0 spiro atoms. The zero-order valence-electron chi connectivity index (χ0n) is 11.7. The molecule has 2 nitrogen and oxygen atoms in total. The van der Waals surface area contributed by atoms with Crippen LogP contribution in [0.4, 0.5) is 0 Å². The fraction of sp³-hybridized carbons (Fsp3) is 0.412. The Bertz CT molecular complexity index is 490. The Morgan fingerprint density at radius 2 is 1.84 bits per heavy atom. The van der Waals surface area contributed by atoms with Crippen molar-refractivity contribution in [1.82, 2.24) is 5.32 Å². The summed E-state index contributed by atoms with van der Waals surface area (Å²) in [6, 6.07) is 15.0. The van der Waals surface area contributed by atoms with Crippen molar-refractivity contribution in [1.29, 1.82) is 0 Å².